The van der Waals surface area contributed by atoms with Gasteiger partial charge in [0.15, 0.2) is 0 Å². The van der Waals surface area contributed by atoms with E-state index >= 15 is 0 Å². The summed E-state index contributed by atoms with van der Waals surface area (Å²) in [5.41, 5.74) is 1.33. The number of anilines is 1. The first-order valence-electron chi connectivity index (χ1n) is 7.62. The first-order chi connectivity index (χ1) is 11.7. The zero-order chi connectivity index (χ0) is 16.9. The van der Waals surface area contributed by atoms with Gasteiger partial charge in [-0.25, -0.2) is 4.68 Å². The molecule has 3 rings (SSSR count). The fourth-order valence-corrected chi connectivity index (χ4v) is 2.46. The Balaban J connectivity index is 1.73. The fourth-order valence-electron chi connectivity index (χ4n) is 2.46. The Labute approximate surface area is 138 Å². The third kappa shape index (κ3) is 3.49. The van der Waals surface area contributed by atoms with Crippen LogP contribution in [0.25, 0.3) is 10.8 Å². The number of amides is 1. The number of carbonyl (C=O) groups is 1. The van der Waals surface area contributed by atoms with Crippen molar-refractivity contribution in [2.24, 2.45) is 0 Å². The number of nitrogens with one attached hydrogen (secondary N) is 1. The lowest BCUT2D eigenvalue weighted by atomic mass is 10.1. The lowest BCUT2D eigenvalue weighted by Crippen LogP contribution is -2.29. The van der Waals surface area contributed by atoms with Crippen molar-refractivity contribution in [3.8, 4) is 0 Å². The number of fused-ring (bicyclic) bond motifs is 1. The van der Waals surface area contributed by atoms with Crippen LogP contribution in [0.1, 0.15) is 5.56 Å². The van der Waals surface area contributed by atoms with E-state index in [0.29, 0.717) is 17.5 Å². The predicted molar refractivity (Wildman–Crippen MR) is 91.9 cm³/mol. The lowest BCUT2D eigenvalue weighted by molar-refractivity contribution is -0.117. The van der Waals surface area contributed by atoms with Crippen molar-refractivity contribution in [2.75, 3.05) is 11.9 Å². The molecule has 1 heterocycles. The molecule has 3 aromatic rings. The summed E-state index contributed by atoms with van der Waals surface area (Å²) in [5.74, 6) is -0.324. The first kappa shape index (κ1) is 15.9. The van der Waals surface area contributed by atoms with Crippen molar-refractivity contribution >= 4 is 22.4 Å². The van der Waals surface area contributed by atoms with Crippen molar-refractivity contribution in [2.45, 2.75) is 13.0 Å². The van der Waals surface area contributed by atoms with Crippen LogP contribution in [-0.2, 0) is 17.8 Å². The largest absolute Gasteiger partial charge is 0.396 e. The molecule has 0 aliphatic carbocycles. The molecule has 1 aromatic heterocycles. The summed E-state index contributed by atoms with van der Waals surface area (Å²) in [6.45, 7) is -0.0652. The van der Waals surface area contributed by atoms with Gasteiger partial charge in [-0.2, -0.15) is 5.10 Å². The molecule has 2 aromatic carbocycles. The highest BCUT2D eigenvalue weighted by atomic mass is 16.3. The van der Waals surface area contributed by atoms with Crippen LogP contribution >= 0.6 is 0 Å². The van der Waals surface area contributed by atoms with E-state index in [0.717, 1.165) is 15.6 Å². The third-order valence-electron chi connectivity index (χ3n) is 3.69. The number of carbonyl (C=O) groups excluding carboxylic acids is 1. The maximum absolute atomic E-state index is 12.3. The minimum absolute atomic E-state index is 0.0856. The minimum atomic E-state index is -0.324. The quantitative estimate of drug-likeness (QED) is 0.746. The zero-order valence-corrected chi connectivity index (χ0v) is 13.0. The van der Waals surface area contributed by atoms with E-state index in [1.54, 1.807) is 30.5 Å². The highest BCUT2D eigenvalue weighted by Gasteiger charge is 2.08. The Bertz CT molecular complexity index is 917. The smallest absolute Gasteiger partial charge is 0.275 e. The Hall–Kier alpha value is -2.99. The van der Waals surface area contributed by atoms with Gasteiger partial charge >= 0.3 is 0 Å². The molecule has 0 aliphatic heterocycles. The van der Waals surface area contributed by atoms with Crippen LogP contribution in [0.5, 0.6) is 0 Å². The van der Waals surface area contributed by atoms with Crippen LogP contribution < -0.4 is 10.9 Å². The normalized spacial score (nSPS) is 10.7. The van der Waals surface area contributed by atoms with Crippen LogP contribution in [0.3, 0.4) is 0 Å². The molecule has 0 unspecified atom stereocenters. The van der Waals surface area contributed by atoms with E-state index in [9.17, 15) is 9.59 Å². The lowest BCUT2D eigenvalue weighted by Gasteiger charge is -2.08. The average molecular weight is 323 g/mol. The highest BCUT2D eigenvalue weighted by molar-refractivity contribution is 5.90. The Morgan fingerprint density at radius 3 is 2.62 bits per heavy atom. The number of hydrogen-bond donors (Lipinski definition) is 2. The summed E-state index contributed by atoms with van der Waals surface area (Å²) in [6, 6.07) is 14.3. The molecule has 1 amide bonds. The molecule has 0 radical (unpaired) electrons. The van der Waals surface area contributed by atoms with E-state index in [-0.39, 0.29) is 24.6 Å². The maximum atomic E-state index is 12.3. The van der Waals surface area contributed by atoms with Gasteiger partial charge in [0.25, 0.3) is 5.56 Å². The van der Waals surface area contributed by atoms with Crippen LogP contribution in [0, 0.1) is 0 Å². The Kier molecular flexibility index (Phi) is 4.67. The number of rotatable bonds is 5. The van der Waals surface area contributed by atoms with Gasteiger partial charge in [-0.3, -0.25) is 9.59 Å². The average Bonchev–Trinajstić information content (AvgIpc) is 2.60. The molecule has 0 saturated heterocycles. The summed E-state index contributed by atoms with van der Waals surface area (Å²) in [7, 11) is 0. The predicted octanol–water partition coefficient (Wildman–Crippen LogP) is 1.57. The summed E-state index contributed by atoms with van der Waals surface area (Å²) < 4.78 is 1.15. The molecule has 0 aliphatic rings. The standard InChI is InChI=1S/C18H17N3O3/c22-10-9-13-5-7-15(8-6-13)20-17(23)12-21-18(24)16-4-2-1-3-14(16)11-19-21/h1-8,11,22H,9-10,12H2,(H,20,23). The molecule has 122 valence electrons. The topological polar surface area (TPSA) is 84.2 Å². The Morgan fingerprint density at radius 2 is 1.88 bits per heavy atom. The van der Waals surface area contributed by atoms with E-state index in [1.807, 2.05) is 24.3 Å². The van der Waals surface area contributed by atoms with Crippen molar-refractivity contribution < 1.29 is 9.90 Å². The molecule has 24 heavy (non-hydrogen) atoms. The van der Waals surface area contributed by atoms with Crippen LogP contribution in [-0.4, -0.2) is 27.4 Å². The summed E-state index contributed by atoms with van der Waals surface area (Å²) >= 11 is 0. The van der Waals surface area contributed by atoms with Gasteiger partial charge in [0.05, 0.1) is 11.6 Å². The zero-order valence-electron chi connectivity index (χ0n) is 13.0. The highest BCUT2D eigenvalue weighted by Crippen LogP contribution is 2.10. The van der Waals surface area contributed by atoms with Gasteiger partial charge in [0, 0.05) is 17.7 Å². The van der Waals surface area contributed by atoms with Crippen LogP contribution in [0.4, 0.5) is 5.69 Å². The maximum Gasteiger partial charge on any atom is 0.275 e. The summed E-state index contributed by atoms with van der Waals surface area (Å²) in [4.78, 5) is 24.5. The molecule has 0 bridgehead atoms. The number of hydrogen-bond acceptors (Lipinski definition) is 4. The number of aliphatic hydroxyl groups excluding tert-OH is 1. The SMILES string of the molecule is O=C(Cn1ncc2ccccc2c1=O)Nc1ccc(CCO)cc1. The summed E-state index contributed by atoms with van der Waals surface area (Å²) in [5, 5.41) is 17.0. The second-order valence-corrected chi connectivity index (χ2v) is 5.41. The molecule has 6 heteroatoms. The molecule has 0 atom stereocenters. The number of benzene rings is 2. The van der Waals surface area contributed by atoms with Crippen molar-refractivity contribution in [3.63, 3.8) is 0 Å². The monoisotopic (exact) mass is 323 g/mol. The summed E-state index contributed by atoms with van der Waals surface area (Å²) in [6.07, 6.45) is 2.15. The van der Waals surface area contributed by atoms with Gasteiger partial charge in [-0.15, -0.1) is 0 Å². The van der Waals surface area contributed by atoms with E-state index in [2.05, 4.69) is 10.4 Å². The number of nitrogens with zero attached hydrogens (tertiary/aromatic N) is 2. The molecule has 6 nitrogen and oxygen atoms in total. The number of aromatic nitrogens is 2. The molecule has 2 N–H and O–H groups in total. The molecule has 0 fully saturated rings. The van der Waals surface area contributed by atoms with Crippen molar-refractivity contribution in [3.05, 3.63) is 70.6 Å². The molecular weight excluding hydrogens is 306 g/mol. The van der Waals surface area contributed by atoms with Crippen molar-refractivity contribution in [1.29, 1.82) is 0 Å². The van der Waals surface area contributed by atoms with Crippen LogP contribution in [0.2, 0.25) is 0 Å². The van der Waals surface area contributed by atoms with Gasteiger partial charge in [-0.05, 0) is 30.2 Å². The van der Waals surface area contributed by atoms with E-state index < -0.39 is 0 Å². The van der Waals surface area contributed by atoms with E-state index in [4.69, 9.17) is 5.11 Å². The Morgan fingerprint density at radius 1 is 1.12 bits per heavy atom. The second kappa shape index (κ2) is 7.06. The van der Waals surface area contributed by atoms with Crippen molar-refractivity contribution in [1.82, 2.24) is 9.78 Å². The van der Waals surface area contributed by atoms with Gasteiger partial charge < -0.3 is 10.4 Å². The third-order valence-corrected chi connectivity index (χ3v) is 3.69. The van der Waals surface area contributed by atoms with Gasteiger partial charge in [0.1, 0.15) is 6.54 Å². The van der Waals surface area contributed by atoms with Crippen LogP contribution in [0.15, 0.2) is 59.5 Å². The molecule has 0 saturated carbocycles. The molecular formula is C18H17N3O3. The number of aliphatic hydroxyl groups is 1. The fraction of sp³-hybridized carbons (Fsp3) is 0.167. The second-order valence-electron chi connectivity index (χ2n) is 5.41. The molecule has 0 spiro atoms. The van der Waals surface area contributed by atoms with Gasteiger partial charge in [-0.1, -0.05) is 30.3 Å². The first-order valence-corrected chi connectivity index (χ1v) is 7.62. The minimum Gasteiger partial charge on any atom is -0.396 e. The van der Waals surface area contributed by atoms with E-state index in [1.165, 1.54) is 0 Å². The van der Waals surface area contributed by atoms with Gasteiger partial charge in [0.2, 0.25) is 5.91 Å².